The van der Waals surface area contributed by atoms with E-state index in [2.05, 4.69) is 26.6 Å². The molecule has 2 N–H and O–H groups in total. The van der Waals surface area contributed by atoms with E-state index in [1.165, 1.54) is 0 Å². The van der Waals surface area contributed by atoms with Gasteiger partial charge >= 0.3 is 11.8 Å². The Labute approximate surface area is 138 Å². The Hall–Kier alpha value is -2.14. The lowest BCUT2D eigenvalue weighted by Gasteiger charge is -2.14. The number of rotatable bonds is 3. The zero-order valence-electron chi connectivity index (χ0n) is 12.4. The van der Waals surface area contributed by atoms with E-state index >= 15 is 0 Å². The third-order valence-corrected chi connectivity index (χ3v) is 3.78. The molecule has 114 valence electrons. The summed E-state index contributed by atoms with van der Waals surface area (Å²) < 4.78 is 0.921. The van der Waals surface area contributed by atoms with E-state index in [1.807, 2.05) is 56.3 Å². The summed E-state index contributed by atoms with van der Waals surface area (Å²) >= 11 is 3.36. The topological polar surface area (TPSA) is 58.2 Å². The molecule has 0 aliphatic heterocycles. The number of amides is 2. The molecule has 0 radical (unpaired) electrons. The molecule has 2 amide bonds. The monoisotopic (exact) mass is 360 g/mol. The normalized spacial score (nSPS) is 11.6. The fourth-order valence-electron chi connectivity index (χ4n) is 2.03. The summed E-state index contributed by atoms with van der Waals surface area (Å²) in [6, 6.07) is 14.7. The quantitative estimate of drug-likeness (QED) is 0.822. The summed E-state index contributed by atoms with van der Waals surface area (Å²) in [7, 11) is 0. The van der Waals surface area contributed by atoms with Crippen molar-refractivity contribution >= 4 is 33.4 Å². The van der Waals surface area contributed by atoms with Crippen LogP contribution in [0.15, 0.2) is 53.0 Å². The summed E-state index contributed by atoms with van der Waals surface area (Å²) in [5, 5.41) is 5.31. The average molecular weight is 361 g/mol. The molecular weight excluding hydrogens is 344 g/mol. The lowest BCUT2D eigenvalue weighted by atomic mass is 10.1. The van der Waals surface area contributed by atoms with Gasteiger partial charge in [-0.1, -0.05) is 46.3 Å². The first-order chi connectivity index (χ1) is 10.5. The van der Waals surface area contributed by atoms with Crippen LogP contribution in [0, 0.1) is 6.92 Å². The van der Waals surface area contributed by atoms with E-state index in [4.69, 9.17) is 0 Å². The molecule has 2 aromatic carbocycles. The van der Waals surface area contributed by atoms with Crippen molar-refractivity contribution in [1.82, 2.24) is 5.32 Å². The van der Waals surface area contributed by atoms with Crippen LogP contribution in [0.5, 0.6) is 0 Å². The lowest BCUT2D eigenvalue weighted by Crippen LogP contribution is -2.37. The van der Waals surface area contributed by atoms with Crippen molar-refractivity contribution in [1.29, 1.82) is 0 Å². The molecule has 4 nitrogen and oxygen atoms in total. The second-order valence-corrected chi connectivity index (χ2v) is 5.93. The largest absolute Gasteiger partial charge is 0.341 e. The Kier molecular flexibility index (Phi) is 5.33. The second-order valence-electron chi connectivity index (χ2n) is 5.02. The van der Waals surface area contributed by atoms with Crippen molar-refractivity contribution in [2.45, 2.75) is 19.9 Å². The Bertz CT molecular complexity index is 686. The molecular formula is C17H17BrN2O2. The Morgan fingerprint density at radius 2 is 1.73 bits per heavy atom. The lowest BCUT2D eigenvalue weighted by molar-refractivity contribution is -0.136. The molecule has 0 bridgehead atoms. The third kappa shape index (κ3) is 4.18. The Morgan fingerprint density at radius 1 is 1.05 bits per heavy atom. The summed E-state index contributed by atoms with van der Waals surface area (Å²) in [4.78, 5) is 24.0. The number of carbonyl (C=O) groups excluding carboxylic acids is 2. The van der Waals surface area contributed by atoms with E-state index in [1.54, 1.807) is 6.07 Å². The van der Waals surface area contributed by atoms with Gasteiger partial charge < -0.3 is 10.6 Å². The first kappa shape index (κ1) is 16.2. The molecule has 1 atom stereocenters. The molecule has 0 aromatic heterocycles. The summed E-state index contributed by atoms with van der Waals surface area (Å²) in [6.45, 7) is 3.70. The fraction of sp³-hybridized carbons (Fsp3) is 0.176. The first-order valence-corrected chi connectivity index (χ1v) is 7.69. The smallest absolute Gasteiger partial charge is 0.313 e. The van der Waals surface area contributed by atoms with Crippen LogP contribution in [0.25, 0.3) is 0 Å². The maximum Gasteiger partial charge on any atom is 0.313 e. The number of hydrogen-bond acceptors (Lipinski definition) is 2. The van der Waals surface area contributed by atoms with Crippen LogP contribution in [0.1, 0.15) is 24.1 Å². The molecule has 0 spiro atoms. The van der Waals surface area contributed by atoms with E-state index in [0.717, 1.165) is 15.6 Å². The van der Waals surface area contributed by atoms with E-state index < -0.39 is 11.8 Å². The first-order valence-electron chi connectivity index (χ1n) is 6.90. The number of anilines is 1. The summed E-state index contributed by atoms with van der Waals surface area (Å²) in [5.41, 5.74) is 2.45. The van der Waals surface area contributed by atoms with Crippen molar-refractivity contribution in [3.05, 3.63) is 64.1 Å². The van der Waals surface area contributed by atoms with Gasteiger partial charge in [-0.05, 0) is 43.2 Å². The second kappa shape index (κ2) is 7.22. The highest BCUT2D eigenvalue weighted by atomic mass is 79.9. The molecule has 0 saturated carbocycles. The van der Waals surface area contributed by atoms with Crippen molar-refractivity contribution in [2.24, 2.45) is 0 Å². The zero-order valence-corrected chi connectivity index (χ0v) is 14.0. The van der Waals surface area contributed by atoms with E-state index in [-0.39, 0.29) is 6.04 Å². The van der Waals surface area contributed by atoms with Gasteiger partial charge in [-0.15, -0.1) is 0 Å². The zero-order chi connectivity index (χ0) is 16.1. The molecule has 0 unspecified atom stereocenters. The minimum atomic E-state index is -0.673. The third-order valence-electron chi connectivity index (χ3n) is 3.29. The van der Waals surface area contributed by atoms with Crippen LogP contribution in [0.3, 0.4) is 0 Å². The minimum absolute atomic E-state index is 0.231. The summed E-state index contributed by atoms with van der Waals surface area (Å²) in [6.07, 6.45) is 0. The highest BCUT2D eigenvalue weighted by molar-refractivity contribution is 9.10. The standard InChI is InChI=1S/C17H17BrN2O2/c1-11-10-14(18)8-9-15(11)20-17(22)16(21)19-12(2)13-6-4-3-5-7-13/h3-10,12H,1-2H3,(H,19,21)(H,20,22)/t12-/m1/s1. The number of hydrogen-bond donors (Lipinski definition) is 2. The number of nitrogens with one attached hydrogen (secondary N) is 2. The van der Waals surface area contributed by atoms with E-state index in [0.29, 0.717) is 5.69 Å². The SMILES string of the molecule is Cc1cc(Br)ccc1NC(=O)C(=O)N[C@H](C)c1ccccc1. The number of aryl methyl sites for hydroxylation is 1. The van der Waals surface area contributed by atoms with Crippen LogP contribution in [0.2, 0.25) is 0 Å². The minimum Gasteiger partial charge on any atom is -0.341 e. The Balaban J connectivity index is 1.99. The van der Waals surface area contributed by atoms with Gasteiger partial charge in [0, 0.05) is 10.2 Å². The molecule has 0 aliphatic carbocycles. The predicted molar refractivity (Wildman–Crippen MR) is 90.5 cm³/mol. The van der Waals surface area contributed by atoms with Gasteiger partial charge in [0.15, 0.2) is 0 Å². The highest BCUT2D eigenvalue weighted by Crippen LogP contribution is 2.20. The summed E-state index contributed by atoms with van der Waals surface area (Å²) in [5.74, 6) is -1.33. The van der Waals surface area contributed by atoms with Crippen LogP contribution in [-0.4, -0.2) is 11.8 Å². The van der Waals surface area contributed by atoms with Crippen LogP contribution < -0.4 is 10.6 Å². The van der Waals surface area contributed by atoms with Gasteiger partial charge in [0.05, 0.1) is 6.04 Å². The van der Waals surface area contributed by atoms with Gasteiger partial charge in [0.1, 0.15) is 0 Å². The van der Waals surface area contributed by atoms with Crippen LogP contribution in [0.4, 0.5) is 5.69 Å². The average Bonchev–Trinajstić information content (AvgIpc) is 2.50. The van der Waals surface area contributed by atoms with Gasteiger partial charge in [-0.3, -0.25) is 9.59 Å². The van der Waals surface area contributed by atoms with Gasteiger partial charge in [-0.2, -0.15) is 0 Å². The van der Waals surface area contributed by atoms with Crippen LogP contribution >= 0.6 is 15.9 Å². The highest BCUT2D eigenvalue weighted by Gasteiger charge is 2.17. The molecule has 0 saturated heterocycles. The number of benzene rings is 2. The molecule has 0 fully saturated rings. The maximum atomic E-state index is 12.0. The van der Waals surface area contributed by atoms with Crippen LogP contribution in [-0.2, 0) is 9.59 Å². The van der Waals surface area contributed by atoms with Crippen molar-refractivity contribution in [3.8, 4) is 0 Å². The fourth-order valence-corrected chi connectivity index (χ4v) is 2.51. The van der Waals surface area contributed by atoms with Crippen molar-refractivity contribution < 1.29 is 9.59 Å². The molecule has 5 heteroatoms. The van der Waals surface area contributed by atoms with Crippen molar-refractivity contribution in [3.63, 3.8) is 0 Å². The Morgan fingerprint density at radius 3 is 2.36 bits per heavy atom. The van der Waals surface area contributed by atoms with Gasteiger partial charge in [-0.25, -0.2) is 0 Å². The van der Waals surface area contributed by atoms with Gasteiger partial charge in [0.2, 0.25) is 0 Å². The van der Waals surface area contributed by atoms with Crippen molar-refractivity contribution in [2.75, 3.05) is 5.32 Å². The molecule has 22 heavy (non-hydrogen) atoms. The molecule has 0 heterocycles. The van der Waals surface area contributed by atoms with E-state index in [9.17, 15) is 9.59 Å². The maximum absolute atomic E-state index is 12.0. The molecule has 0 aliphatic rings. The predicted octanol–water partition coefficient (Wildman–Crippen LogP) is 3.57. The van der Waals surface area contributed by atoms with Gasteiger partial charge in [0.25, 0.3) is 0 Å². The molecule has 2 aromatic rings. The molecule has 2 rings (SSSR count). The number of carbonyl (C=O) groups is 2. The number of halogens is 1.